The second-order valence-corrected chi connectivity index (χ2v) is 4.60. The summed E-state index contributed by atoms with van der Waals surface area (Å²) in [6, 6.07) is 5.42. The normalized spacial score (nSPS) is 15.0. The Morgan fingerprint density at radius 3 is 3.05 bits per heavy atom. The Hall–Kier alpha value is -2.63. The van der Waals surface area contributed by atoms with Gasteiger partial charge < -0.3 is 15.6 Å². The molecule has 2 aromatic rings. The van der Waals surface area contributed by atoms with Crippen molar-refractivity contribution in [2.24, 2.45) is 5.73 Å². The fourth-order valence-corrected chi connectivity index (χ4v) is 2.34. The van der Waals surface area contributed by atoms with E-state index in [4.69, 9.17) is 5.73 Å². The lowest BCUT2D eigenvalue weighted by Crippen LogP contribution is -2.36. The molecule has 1 aliphatic rings. The maximum Gasteiger partial charge on any atom is 0.257 e. The number of pyridine rings is 1. The van der Waals surface area contributed by atoms with Gasteiger partial charge in [0.15, 0.2) is 0 Å². The van der Waals surface area contributed by atoms with Crippen LogP contribution in [0.2, 0.25) is 0 Å². The smallest absolute Gasteiger partial charge is 0.257 e. The van der Waals surface area contributed by atoms with Gasteiger partial charge in [-0.25, -0.2) is 4.98 Å². The predicted molar refractivity (Wildman–Crippen MR) is 74.1 cm³/mol. The first-order valence-corrected chi connectivity index (χ1v) is 6.43. The van der Waals surface area contributed by atoms with Crippen LogP contribution in [0.3, 0.4) is 0 Å². The van der Waals surface area contributed by atoms with Crippen LogP contribution in [0.4, 0.5) is 0 Å². The van der Waals surface area contributed by atoms with Gasteiger partial charge in [0.2, 0.25) is 0 Å². The lowest BCUT2D eigenvalue weighted by molar-refractivity contribution is -0.126. The van der Waals surface area contributed by atoms with Crippen LogP contribution in [-0.2, 0) is 17.8 Å². The summed E-state index contributed by atoms with van der Waals surface area (Å²) in [6.07, 6.45) is 5.39. The van der Waals surface area contributed by atoms with Crippen molar-refractivity contribution in [2.75, 3.05) is 6.54 Å². The minimum Gasteiger partial charge on any atom is -0.404 e. The van der Waals surface area contributed by atoms with Gasteiger partial charge in [0.05, 0.1) is 35.5 Å². The lowest BCUT2D eigenvalue weighted by Gasteiger charge is -2.27. The molecule has 0 bridgehead atoms. The third-order valence-electron chi connectivity index (χ3n) is 3.40. The van der Waals surface area contributed by atoms with Crippen LogP contribution in [0.1, 0.15) is 17.1 Å². The third-order valence-corrected chi connectivity index (χ3v) is 3.40. The summed E-state index contributed by atoms with van der Waals surface area (Å²) < 4.78 is 0. The number of hydrogen-bond donors (Lipinski definition) is 2. The standard InChI is InChI=1S/C14H15N5O/c15-7-10(11-3-1-2-5-16-11)14(20)19-6-4-12-13(8-19)18-9-17-12/h1-3,5,7,9H,4,6,8,15H2,(H,17,18)/b10-7+. The van der Waals surface area contributed by atoms with E-state index in [2.05, 4.69) is 15.0 Å². The molecule has 102 valence electrons. The summed E-state index contributed by atoms with van der Waals surface area (Å²) in [7, 11) is 0. The number of carbonyl (C=O) groups is 1. The molecule has 20 heavy (non-hydrogen) atoms. The highest BCUT2D eigenvalue weighted by atomic mass is 16.2. The molecule has 0 atom stereocenters. The Morgan fingerprint density at radius 2 is 2.30 bits per heavy atom. The van der Waals surface area contributed by atoms with Gasteiger partial charge in [-0.2, -0.15) is 0 Å². The number of H-pyrrole nitrogens is 1. The monoisotopic (exact) mass is 269 g/mol. The summed E-state index contributed by atoms with van der Waals surface area (Å²) in [6.45, 7) is 1.17. The fourth-order valence-electron chi connectivity index (χ4n) is 2.34. The molecule has 0 fully saturated rings. The Kier molecular flexibility index (Phi) is 3.20. The molecule has 6 heteroatoms. The Bertz CT molecular complexity index is 647. The number of rotatable bonds is 2. The van der Waals surface area contributed by atoms with Crippen LogP contribution in [0.15, 0.2) is 36.9 Å². The first kappa shape index (κ1) is 12.4. The SMILES string of the molecule is N/C=C(/C(=O)N1CCc2nc[nH]c2C1)c1ccccn1. The van der Waals surface area contributed by atoms with Gasteiger partial charge in [-0.15, -0.1) is 0 Å². The Morgan fingerprint density at radius 1 is 1.40 bits per heavy atom. The van der Waals surface area contributed by atoms with Crippen LogP contribution in [0.25, 0.3) is 5.57 Å². The van der Waals surface area contributed by atoms with Gasteiger partial charge in [0, 0.05) is 25.4 Å². The van der Waals surface area contributed by atoms with Crippen molar-refractivity contribution in [3.63, 3.8) is 0 Å². The minimum absolute atomic E-state index is 0.105. The van der Waals surface area contributed by atoms with E-state index in [9.17, 15) is 4.79 Å². The fraction of sp³-hybridized carbons (Fsp3) is 0.214. The van der Waals surface area contributed by atoms with Crippen LogP contribution in [0.5, 0.6) is 0 Å². The number of aromatic nitrogens is 3. The lowest BCUT2D eigenvalue weighted by atomic mass is 10.1. The van der Waals surface area contributed by atoms with Gasteiger partial charge >= 0.3 is 0 Å². The number of imidazole rings is 1. The number of hydrogen-bond acceptors (Lipinski definition) is 4. The van der Waals surface area contributed by atoms with Crippen LogP contribution in [-0.4, -0.2) is 32.3 Å². The third kappa shape index (κ3) is 2.16. The molecular formula is C14H15N5O. The second kappa shape index (κ2) is 5.16. The summed E-state index contributed by atoms with van der Waals surface area (Å²) in [4.78, 5) is 25.8. The predicted octanol–water partition coefficient (Wildman–Crippen LogP) is 0.689. The average Bonchev–Trinajstić information content (AvgIpc) is 2.96. The van der Waals surface area contributed by atoms with Crippen molar-refractivity contribution in [1.82, 2.24) is 19.9 Å². The van der Waals surface area contributed by atoms with E-state index in [-0.39, 0.29) is 5.91 Å². The molecule has 0 spiro atoms. The molecule has 1 aliphatic heterocycles. The zero-order valence-electron chi connectivity index (χ0n) is 10.9. The van der Waals surface area contributed by atoms with E-state index >= 15 is 0 Å². The second-order valence-electron chi connectivity index (χ2n) is 4.60. The van der Waals surface area contributed by atoms with E-state index in [0.29, 0.717) is 24.4 Å². The number of nitrogens with one attached hydrogen (secondary N) is 1. The highest BCUT2D eigenvalue weighted by molar-refractivity contribution is 6.18. The van der Waals surface area contributed by atoms with Crippen molar-refractivity contribution in [1.29, 1.82) is 0 Å². The van der Waals surface area contributed by atoms with E-state index < -0.39 is 0 Å². The maximum atomic E-state index is 12.6. The van der Waals surface area contributed by atoms with E-state index in [1.165, 1.54) is 6.20 Å². The van der Waals surface area contributed by atoms with E-state index in [1.807, 2.05) is 6.07 Å². The topological polar surface area (TPSA) is 87.9 Å². The molecule has 2 aromatic heterocycles. The summed E-state index contributed by atoms with van der Waals surface area (Å²) in [5, 5.41) is 0. The van der Waals surface area contributed by atoms with Crippen molar-refractivity contribution in [3.05, 3.63) is 54.0 Å². The molecule has 0 saturated carbocycles. The van der Waals surface area contributed by atoms with E-state index in [1.54, 1.807) is 29.6 Å². The van der Waals surface area contributed by atoms with Crippen LogP contribution < -0.4 is 5.73 Å². The van der Waals surface area contributed by atoms with Gasteiger partial charge in [-0.1, -0.05) is 6.07 Å². The summed E-state index contributed by atoms with van der Waals surface area (Å²) in [5.41, 5.74) is 8.66. The summed E-state index contributed by atoms with van der Waals surface area (Å²) in [5.74, 6) is -0.105. The van der Waals surface area contributed by atoms with E-state index in [0.717, 1.165) is 17.8 Å². The maximum absolute atomic E-state index is 12.6. The van der Waals surface area contributed by atoms with Gasteiger partial charge in [-0.3, -0.25) is 9.78 Å². The molecule has 3 rings (SSSR count). The Labute approximate surface area is 116 Å². The molecule has 0 aromatic carbocycles. The highest BCUT2D eigenvalue weighted by Gasteiger charge is 2.25. The molecule has 3 N–H and O–H groups in total. The van der Waals surface area contributed by atoms with Gasteiger partial charge in [0.25, 0.3) is 5.91 Å². The van der Waals surface area contributed by atoms with Crippen LogP contribution >= 0.6 is 0 Å². The van der Waals surface area contributed by atoms with Crippen molar-refractivity contribution >= 4 is 11.5 Å². The van der Waals surface area contributed by atoms with Gasteiger partial charge in [0.1, 0.15) is 0 Å². The number of nitrogens with zero attached hydrogens (tertiary/aromatic N) is 3. The first-order chi connectivity index (χ1) is 9.79. The Balaban J connectivity index is 1.83. The molecule has 0 unspecified atom stereocenters. The molecule has 1 amide bonds. The zero-order chi connectivity index (χ0) is 13.9. The molecule has 6 nitrogen and oxygen atoms in total. The quantitative estimate of drug-likeness (QED) is 0.785. The molecule has 0 aliphatic carbocycles. The van der Waals surface area contributed by atoms with Gasteiger partial charge in [-0.05, 0) is 12.1 Å². The minimum atomic E-state index is -0.105. The molecule has 0 radical (unpaired) electrons. The molecular weight excluding hydrogens is 254 g/mol. The zero-order valence-corrected chi connectivity index (χ0v) is 10.9. The van der Waals surface area contributed by atoms with Crippen LogP contribution in [0, 0.1) is 0 Å². The highest BCUT2D eigenvalue weighted by Crippen LogP contribution is 2.20. The van der Waals surface area contributed by atoms with Crippen molar-refractivity contribution < 1.29 is 4.79 Å². The van der Waals surface area contributed by atoms with Crippen molar-refractivity contribution in [3.8, 4) is 0 Å². The van der Waals surface area contributed by atoms with Crippen molar-refractivity contribution in [2.45, 2.75) is 13.0 Å². The largest absolute Gasteiger partial charge is 0.404 e. The first-order valence-electron chi connectivity index (χ1n) is 6.43. The molecule has 0 saturated heterocycles. The number of aromatic amines is 1. The number of amides is 1. The average molecular weight is 269 g/mol. The number of nitrogens with two attached hydrogens (primary N) is 1. The number of carbonyl (C=O) groups excluding carboxylic acids is 1. The number of fused-ring (bicyclic) bond motifs is 1. The summed E-state index contributed by atoms with van der Waals surface area (Å²) >= 11 is 0. The molecule has 3 heterocycles.